The maximum absolute atomic E-state index is 11.7. The molecule has 1 amide bonds. The zero-order valence-corrected chi connectivity index (χ0v) is 15.2. The van der Waals surface area contributed by atoms with E-state index in [9.17, 15) is 4.79 Å². The highest BCUT2D eigenvalue weighted by molar-refractivity contribution is 5.78. The summed E-state index contributed by atoms with van der Waals surface area (Å²) >= 11 is 0. The molecule has 1 atom stereocenters. The summed E-state index contributed by atoms with van der Waals surface area (Å²) in [6.07, 6.45) is 3.43. The van der Waals surface area contributed by atoms with Crippen molar-refractivity contribution in [3.05, 3.63) is 0 Å². The number of piperidine rings is 1. The Morgan fingerprint density at radius 1 is 1.36 bits per heavy atom. The molecule has 8 heteroatoms. The van der Waals surface area contributed by atoms with Crippen LogP contribution in [0.25, 0.3) is 0 Å². The predicted octanol–water partition coefficient (Wildman–Crippen LogP) is 0.955. The molecule has 2 fully saturated rings. The van der Waals surface area contributed by atoms with Gasteiger partial charge in [0, 0.05) is 44.8 Å². The molecule has 0 radical (unpaired) electrons. The van der Waals surface area contributed by atoms with Gasteiger partial charge in [-0.3, -0.25) is 4.99 Å². The Bertz CT molecular complexity index is 419. The number of nitrogens with one attached hydrogen (secondary N) is 1. The van der Waals surface area contributed by atoms with Gasteiger partial charge in [0.15, 0.2) is 5.96 Å². The molecule has 0 aromatic rings. The number of guanidine groups is 1. The number of amides is 1. The van der Waals surface area contributed by atoms with Gasteiger partial charge in [0.2, 0.25) is 0 Å². The molecule has 2 heterocycles. The van der Waals surface area contributed by atoms with Crippen LogP contribution in [-0.4, -0.2) is 75.7 Å². The Morgan fingerprint density at radius 2 is 2.16 bits per heavy atom. The van der Waals surface area contributed by atoms with Crippen molar-refractivity contribution in [2.75, 3.05) is 52.7 Å². The Labute approximate surface area is 150 Å². The van der Waals surface area contributed by atoms with Crippen LogP contribution in [0.2, 0.25) is 0 Å². The third-order valence-electron chi connectivity index (χ3n) is 4.48. The van der Waals surface area contributed by atoms with Crippen LogP contribution in [0.15, 0.2) is 4.99 Å². The number of hydrogen-bond acceptors (Lipinski definition) is 5. The second kappa shape index (κ2) is 11.1. The second-order valence-corrected chi connectivity index (χ2v) is 6.53. The van der Waals surface area contributed by atoms with Crippen molar-refractivity contribution in [1.82, 2.24) is 10.2 Å². The first-order valence-corrected chi connectivity index (χ1v) is 9.32. The minimum atomic E-state index is -0.230. The Kier molecular flexibility index (Phi) is 8.82. The monoisotopic (exact) mass is 356 g/mol. The van der Waals surface area contributed by atoms with Crippen LogP contribution in [-0.2, 0) is 14.2 Å². The van der Waals surface area contributed by atoms with Gasteiger partial charge >= 0.3 is 6.09 Å². The van der Waals surface area contributed by atoms with E-state index in [-0.39, 0.29) is 12.1 Å². The number of nitrogens with two attached hydrogens (primary N) is 1. The zero-order chi connectivity index (χ0) is 17.9. The summed E-state index contributed by atoms with van der Waals surface area (Å²) in [6, 6.07) is 0.257. The molecule has 2 saturated heterocycles. The quantitative estimate of drug-likeness (QED) is 0.382. The predicted molar refractivity (Wildman–Crippen MR) is 95.6 cm³/mol. The molecule has 0 saturated carbocycles. The number of ether oxygens (including phenoxy) is 3. The highest BCUT2D eigenvalue weighted by Crippen LogP contribution is 2.12. The first kappa shape index (κ1) is 19.8. The highest BCUT2D eigenvalue weighted by atomic mass is 16.6. The largest absolute Gasteiger partial charge is 0.450 e. The van der Waals surface area contributed by atoms with E-state index in [1.807, 2.05) is 6.92 Å². The fourth-order valence-corrected chi connectivity index (χ4v) is 3.01. The summed E-state index contributed by atoms with van der Waals surface area (Å²) in [5, 5.41) is 3.24. The van der Waals surface area contributed by atoms with Gasteiger partial charge in [0.1, 0.15) is 0 Å². The first-order valence-electron chi connectivity index (χ1n) is 9.32. The van der Waals surface area contributed by atoms with E-state index in [2.05, 4.69) is 10.3 Å². The molecule has 0 spiro atoms. The van der Waals surface area contributed by atoms with E-state index in [4.69, 9.17) is 19.9 Å². The maximum Gasteiger partial charge on any atom is 0.409 e. The van der Waals surface area contributed by atoms with Crippen LogP contribution >= 0.6 is 0 Å². The lowest BCUT2D eigenvalue weighted by Crippen LogP contribution is -2.48. The van der Waals surface area contributed by atoms with Crippen LogP contribution in [0.5, 0.6) is 0 Å². The molecule has 3 N–H and O–H groups in total. The summed E-state index contributed by atoms with van der Waals surface area (Å²) in [6.45, 7) is 7.41. The van der Waals surface area contributed by atoms with Gasteiger partial charge in [-0.05, 0) is 32.6 Å². The van der Waals surface area contributed by atoms with E-state index in [0.717, 1.165) is 45.5 Å². The molecule has 1 unspecified atom stereocenters. The van der Waals surface area contributed by atoms with Crippen molar-refractivity contribution in [3.8, 4) is 0 Å². The van der Waals surface area contributed by atoms with Crippen molar-refractivity contribution in [1.29, 1.82) is 0 Å². The van der Waals surface area contributed by atoms with Crippen LogP contribution in [0.1, 0.15) is 32.6 Å². The standard InChI is InChI=1S/C17H32N4O4/c1-2-25-17(22)21-8-4-15(5-9-21)20-16(18)19-7-3-10-23-12-14-6-11-24-13-14/h14-15H,2-13H2,1H3,(H3,18,19,20). The summed E-state index contributed by atoms with van der Waals surface area (Å²) < 4.78 is 16.0. The van der Waals surface area contributed by atoms with Crippen molar-refractivity contribution >= 4 is 12.1 Å². The van der Waals surface area contributed by atoms with Gasteiger partial charge in [0.05, 0.1) is 19.8 Å². The van der Waals surface area contributed by atoms with Crippen LogP contribution < -0.4 is 11.1 Å². The molecule has 0 aromatic carbocycles. The topological polar surface area (TPSA) is 98.4 Å². The first-order chi connectivity index (χ1) is 12.2. The SMILES string of the molecule is CCOC(=O)N1CCC(NC(N)=NCCCOCC2CCOC2)CC1. The van der Waals surface area contributed by atoms with Crippen molar-refractivity contribution < 1.29 is 19.0 Å². The highest BCUT2D eigenvalue weighted by Gasteiger charge is 2.23. The fraction of sp³-hybridized carbons (Fsp3) is 0.882. The molecule has 144 valence electrons. The lowest BCUT2D eigenvalue weighted by atomic mass is 10.1. The third-order valence-corrected chi connectivity index (χ3v) is 4.48. The van der Waals surface area contributed by atoms with Crippen LogP contribution in [0.3, 0.4) is 0 Å². The molecule has 0 aromatic heterocycles. The molecular weight excluding hydrogens is 324 g/mol. The Morgan fingerprint density at radius 3 is 2.84 bits per heavy atom. The molecular formula is C17H32N4O4. The van der Waals surface area contributed by atoms with Gasteiger partial charge in [-0.25, -0.2) is 4.79 Å². The smallest absolute Gasteiger partial charge is 0.409 e. The van der Waals surface area contributed by atoms with Gasteiger partial charge in [-0.15, -0.1) is 0 Å². The Hall–Kier alpha value is -1.54. The number of carbonyl (C=O) groups excluding carboxylic acids is 1. The lowest BCUT2D eigenvalue weighted by Gasteiger charge is -2.31. The normalized spacial score (nSPS) is 22.2. The zero-order valence-electron chi connectivity index (χ0n) is 15.2. The molecule has 0 bridgehead atoms. The summed E-state index contributed by atoms with van der Waals surface area (Å²) in [7, 11) is 0. The second-order valence-electron chi connectivity index (χ2n) is 6.53. The van der Waals surface area contributed by atoms with E-state index >= 15 is 0 Å². The Balaban J connectivity index is 1.51. The van der Waals surface area contributed by atoms with Crippen LogP contribution in [0.4, 0.5) is 4.79 Å². The summed E-state index contributed by atoms with van der Waals surface area (Å²) in [5.74, 6) is 1.02. The van der Waals surface area contributed by atoms with Crippen LogP contribution in [0, 0.1) is 5.92 Å². The van der Waals surface area contributed by atoms with E-state index in [1.165, 1.54) is 0 Å². The summed E-state index contributed by atoms with van der Waals surface area (Å²) in [5.41, 5.74) is 5.94. The number of nitrogens with zero attached hydrogens (tertiary/aromatic N) is 2. The summed E-state index contributed by atoms with van der Waals surface area (Å²) in [4.78, 5) is 17.7. The van der Waals surface area contributed by atoms with Crippen molar-refractivity contribution in [3.63, 3.8) is 0 Å². The van der Waals surface area contributed by atoms with E-state index in [1.54, 1.807) is 4.90 Å². The number of hydrogen-bond donors (Lipinski definition) is 2. The number of rotatable bonds is 8. The third kappa shape index (κ3) is 7.48. The van der Waals surface area contributed by atoms with Gasteiger partial charge < -0.3 is 30.2 Å². The fourth-order valence-electron chi connectivity index (χ4n) is 3.01. The average molecular weight is 356 g/mol. The van der Waals surface area contributed by atoms with E-state index < -0.39 is 0 Å². The van der Waals surface area contributed by atoms with Gasteiger partial charge in [0.25, 0.3) is 0 Å². The average Bonchev–Trinajstić information content (AvgIpc) is 3.12. The molecule has 2 aliphatic rings. The molecule has 0 aliphatic carbocycles. The minimum absolute atomic E-state index is 0.230. The molecule has 2 rings (SSSR count). The lowest BCUT2D eigenvalue weighted by molar-refractivity contribution is 0.0893. The van der Waals surface area contributed by atoms with Gasteiger partial charge in [-0.1, -0.05) is 0 Å². The van der Waals surface area contributed by atoms with Crippen molar-refractivity contribution in [2.45, 2.75) is 38.6 Å². The minimum Gasteiger partial charge on any atom is -0.450 e. The van der Waals surface area contributed by atoms with Gasteiger partial charge in [-0.2, -0.15) is 0 Å². The number of aliphatic imine (C=N–C) groups is 1. The molecule has 25 heavy (non-hydrogen) atoms. The number of carbonyl (C=O) groups is 1. The molecule has 8 nitrogen and oxygen atoms in total. The van der Waals surface area contributed by atoms with Crippen molar-refractivity contribution in [2.24, 2.45) is 16.6 Å². The maximum atomic E-state index is 11.7. The molecule has 2 aliphatic heterocycles. The number of likely N-dealkylation sites (tertiary alicyclic amines) is 1. The van der Waals surface area contributed by atoms with E-state index in [0.29, 0.717) is 44.7 Å².